The number of carbonyl (C=O) groups excluding carboxylic acids is 2. The first kappa shape index (κ1) is 22.8. The molecule has 2 N–H and O–H groups in total. The predicted molar refractivity (Wildman–Crippen MR) is 105 cm³/mol. The molecule has 2 heterocycles. The zero-order chi connectivity index (χ0) is 21.9. The maximum Gasteiger partial charge on any atom is 0.396 e. The molecule has 1 aliphatic heterocycles. The van der Waals surface area contributed by atoms with Crippen molar-refractivity contribution >= 4 is 23.3 Å². The lowest BCUT2D eigenvalue weighted by Gasteiger charge is -2.35. The number of hydrogen-bond donors (Lipinski definition) is 2. The summed E-state index contributed by atoms with van der Waals surface area (Å²) in [5, 5.41) is 7.88. The summed E-state index contributed by atoms with van der Waals surface area (Å²) in [6.45, 7) is 2.00. The van der Waals surface area contributed by atoms with Crippen LogP contribution >= 0.6 is 11.3 Å². The first-order valence-electron chi connectivity index (χ1n) is 10.0. The summed E-state index contributed by atoms with van der Waals surface area (Å²) in [6.07, 6.45) is -1.93. The number of urea groups is 1. The van der Waals surface area contributed by atoms with Crippen LogP contribution in [0.15, 0.2) is 11.6 Å². The first-order valence-corrected chi connectivity index (χ1v) is 10.9. The van der Waals surface area contributed by atoms with Gasteiger partial charge in [-0.25, -0.2) is 9.78 Å². The van der Waals surface area contributed by atoms with E-state index in [9.17, 15) is 22.8 Å². The molecule has 2 atom stereocenters. The number of piperidine rings is 1. The second-order valence-corrected chi connectivity index (χ2v) is 8.89. The van der Waals surface area contributed by atoms with Gasteiger partial charge in [-0.15, -0.1) is 11.3 Å². The fraction of sp³-hybridized carbons (Fsp3) is 0.737. The normalized spacial score (nSPS) is 21.0. The highest BCUT2D eigenvalue weighted by Gasteiger charge is 2.63. The van der Waals surface area contributed by atoms with E-state index >= 15 is 0 Å². The van der Waals surface area contributed by atoms with Gasteiger partial charge in [0.15, 0.2) is 0 Å². The monoisotopic (exact) mass is 448 g/mol. The van der Waals surface area contributed by atoms with Gasteiger partial charge < -0.3 is 20.3 Å². The molecule has 1 saturated heterocycles. The summed E-state index contributed by atoms with van der Waals surface area (Å²) in [5.41, 5.74) is -1.83. The molecule has 0 aromatic carbocycles. The molecule has 7 nitrogen and oxygen atoms in total. The van der Waals surface area contributed by atoms with E-state index in [4.69, 9.17) is 4.74 Å². The molecule has 30 heavy (non-hydrogen) atoms. The highest BCUT2D eigenvalue weighted by Crippen LogP contribution is 2.57. The van der Waals surface area contributed by atoms with Crippen molar-refractivity contribution < 1.29 is 27.5 Å². The molecule has 2 aliphatic rings. The average molecular weight is 449 g/mol. The molecule has 1 aromatic rings. The Bertz CT molecular complexity index is 732. The van der Waals surface area contributed by atoms with Crippen molar-refractivity contribution in [2.75, 3.05) is 26.7 Å². The number of alkyl halides is 3. The molecule has 3 amide bonds. The second kappa shape index (κ2) is 9.09. The topological polar surface area (TPSA) is 83.6 Å². The number of halogens is 3. The standard InChI is InChI=1S/C19H27F3N4O3S/c1-12(29-11-18(5-6-18)19(20,21)22)14(25-17(28)23-2)16(27)26-8-3-13(4-9-26)15-24-7-10-30-15/h7,10,12-14H,3-6,8-9,11H2,1-2H3,(H2,23,25,28)/t12-,14?/m1/s1. The molecule has 3 rings (SSSR count). The zero-order valence-corrected chi connectivity index (χ0v) is 17.8. The van der Waals surface area contributed by atoms with Gasteiger partial charge >= 0.3 is 12.2 Å². The van der Waals surface area contributed by atoms with E-state index in [1.807, 2.05) is 5.38 Å². The molecule has 2 fully saturated rings. The van der Waals surface area contributed by atoms with Crippen LogP contribution in [0.25, 0.3) is 0 Å². The highest BCUT2D eigenvalue weighted by molar-refractivity contribution is 7.09. The van der Waals surface area contributed by atoms with Crippen LogP contribution in [0.2, 0.25) is 0 Å². The number of carbonyl (C=O) groups is 2. The molecule has 1 aromatic heterocycles. The molecular formula is C19H27F3N4O3S. The van der Waals surface area contributed by atoms with E-state index in [1.165, 1.54) is 14.0 Å². The van der Waals surface area contributed by atoms with Gasteiger partial charge in [-0.05, 0) is 32.6 Å². The summed E-state index contributed by atoms with van der Waals surface area (Å²) in [5.74, 6) is -0.0601. The van der Waals surface area contributed by atoms with Gasteiger partial charge in [0.25, 0.3) is 0 Å². The Balaban J connectivity index is 1.61. The van der Waals surface area contributed by atoms with Crippen LogP contribution in [-0.2, 0) is 9.53 Å². The van der Waals surface area contributed by atoms with Crippen molar-refractivity contribution in [2.24, 2.45) is 5.41 Å². The summed E-state index contributed by atoms with van der Waals surface area (Å²) in [7, 11) is 1.41. The summed E-state index contributed by atoms with van der Waals surface area (Å²) in [4.78, 5) is 30.9. The van der Waals surface area contributed by atoms with E-state index in [1.54, 1.807) is 22.4 Å². The molecule has 0 bridgehead atoms. The van der Waals surface area contributed by atoms with Crippen LogP contribution in [-0.4, -0.2) is 66.9 Å². The number of amides is 3. The van der Waals surface area contributed by atoms with Crippen LogP contribution < -0.4 is 10.6 Å². The Hall–Kier alpha value is -1.88. The van der Waals surface area contributed by atoms with Gasteiger partial charge in [0, 0.05) is 37.6 Å². The number of rotatable bonds is 7. The molecular weight excluding hydrogens is 421 g/mol. The Kier molecular flexibility index (Phi) is 6.91. The van der Waals surface area contributed by atoms with E-state index < -0.39 is 36.4 Å². The Morgan fingerprint density at radius 3 is 2.53 bits per heavy atom. The first-order chi connectivity index (χ1) is 14.2. The van der Waals surface area contributed by atoms with Crippen molar-refractivity contribution in [1.82, 2.24) is 20.5 Å². The Labute approximate surface area is 177 Å². The number of nitrogens with one attached hydrogen (secondary N) is 2. The van der Waals surface area contributed by atoms with Crippen molar-refractivity contribution in [3.05, 3.63) is 16.6 Å². The van der Waals surface area contributed by atoms with Gasteiger partial charge in [-0.2, -0.15) is 13.2 Å². The lowest BCUT2D eigenvalue weighted by molar-refractivity contribution is -0.206. The number of hydrogen-bond acceptors (Lipinski definition) is 5. The third kappa shape index (κ3) is 5.05. The number of likely N-dealkylation sites (tertiary alicyclic amines) is 1. The van der Waals surface area contributed by atoms with Crippen LogP contribution in [0, 0.1) is 5.41 Å². The maximum atomic E-state index is 13.2. The third-order valence-corrected chi connectivity index (χ3v) is 6.87. The van der Waals surface area contributed by atoms with Gasteiger partial charge in [0.05, 0.1) is 23.1 Å². The van der Waals surface area contributed by atoms with Crippen LogP contribution in [0.3, 0.4) is 0 Å². The van der Waals surface area contributed by atoms with Crippen molar-refractivity contribution in [2.45, 2.75) is 56.8 Å². The third-order valence-electron chi connectivity index (χ3n) is 5.93. The molecule has 1 aliphatic carbocycles. The largest absolute Gasteiger partial charge is 0.396 e. The lowest BCUT2D eigenvalue weighted by atomic mass is 9.96. The number of thiazole rings is 1. The Morgan fingerprint density at radius 1 is 1.37 bits per heavy atom. The number of aromatic nitrogens is 1. The number of nitrogens with zero attached hydrogens (tertiary/aromatic N) is 2. The van der Waals surface area contributed by atoms with Gasteiger partial charge in [0.2, 0.25) is 5.91 Å². The van der Waals surface area contributed by atoms with Crippen molar-refractivity contribution in [1.29, 1.82) is 0 Å². The lowest BCUT2D eigenvalue weighted by Crippen LogP contribution is -2.57. The van der Waals surface area contributed by atoms with Crippen molar-refractivity contribution in [3.8, 4) is 0 Å². The minimum absolute atomic E-state index is 0.0228. The smallest absolute Gasteiger partial charge is 0.375 e. The van der Waals surface area contributed by atoms with E-state index in [-0.39, 0.29) is 24.7 Å². The average Bonchev–Trinajstić information content (AvgIpc) is 3.34. The molecule has 1 unspecified atom stereocenters. The van der Waals surface area contributed by atoms with E-state index in [0.717, 1.165) is 17.8 Å². The summed E-state index contributed by atoms with van der Waals surface area (Å²) in [6, 6.07) is -1.65. The second-order valence-electron chi connectivity index (χ2n) is 7.97. The molecule has 1 saturated carbocycles. The fourth-order valence-electron chi connectivity index (χ4n) is 3.62. The minimum atomic E-state index is -4.34. The van der Waals surface area contributed by atoms with Crippen LogP contribution in [0.5, 0.6) is 0 Å². The SMILES string of the molecule is CNC(=O)NC(C(=O)N1CCC(c2nccs2)CC1)[C@@H](C)OCC1(C(F)(F)F)CC1. The maximum absolute atomic E-state index is 13.2. The zero-order valence-electron chi connectivity index (χ0n) is 17.0. The van der Waals surface area contributed by atoms with Gasteiger partial charge in [0.1, 0.15) is 6.04 Å². The van der Waals surface area contributed by atoms with Crippen LogP contribution in [0.4, 0.5) is 18.0 Å². The van der Waals surface area contributed by atoms with Crippen LogP contribution in [0.1, 0.15) is 43.5 Å². The quantitative estimate of drug-likeness (QED) is 0.672. The van der Waals surface area contributed by atoms with E-state index in [0.29, 0.717) is 13.1 Å². The van der Waals surface area contributed by atoms with Gasteiger partial charge in [-0.3, -0.25) is 4.79 Å². The molecule has 0 spiro atoms. The summed E-state index contributed by atoms with van der Waals surface area (Å²) < 4.78 is 45.0. The predicted octanol–water partition coefficient (Wildman–Crippen LogP) is 2.89. The molecule has 168 valence electrons. The number of ether oxygens (including phenoxy) is 1. The fourth-order valence-corrected chi connectivity index (χ4v) is 4.43. The Morgan fingerprint density at radius 2 is 2.03 bits per heavy atom. The van der Waals surface area contributed by atoms with Crippen molar-refractivity contribution in [3.63, 3.8) is 0 Å². The molecule has 11 heteroatoms. The van der Waals surface area contributed by atoms with Gasteiger partial charge in [-0.1, -0.05) is 0 Å². The summed E-state index contributed by atoms with van der Waals surface area (Å²) >= 11 is 1.59. The minimum Gasteiger partial charge on any atom is -0.375 e. The highest BCUT2D eigenvalue weighted by atomic mass is 32.1. The molecule has 0 radical (unpaired) electrons. The van der Waals surface area contributed by atoms with E-state index in [2.05, 4.69) is 15.6 Å².